The first-order valence-electron chi connectivity index (χ1n) is 9.31. The lowest BCUT2D eigenvalue weighted by molar-refractivity contribution is 0.113. The maximum atomic E-state index is 9.66. The molecule has 3 aromatic rings. The van der Waals surface area contributed by atoms with Crippen LogP contribution >= 0.6 is 0 Å². The number of anilines is 1. The maximum absolute atomic E-state index is 9.66. The third kappa shape index (κ3) is 4.34. The van der Waals surface area contributed by atoms with Crippen LogP contribution in [0.3, 0.4) is 0 Å². The van der Waals surface area contributed by atoms with Crippen LogP contribution in [0.25, 0.3) is 11.0 Å². The van der Waals surface area contributed by atoms with Gasteiger partial charge in [-0.3, -0.25) is 0 Å². The van der Waals surface area contributed by atoms with E-state index in [4.69, 9.17) is 4.74 Å². The molecule has 0 aliphatic rings. The van der Waals surface area contributed by atoms with Crippen LogP contribution in [0.4, 0.5) is 5.69 Å². The molecule has 0 aliphatic carbocycles. The second kappa shape index (κ2) is 8.31. The number of benzene rings is 2. The standard InChI is InChI=1S/C21H27N3O3/c1-4-17(12-25)27-18-9-19(22-11-15-6-5-7-16(26)8-15)21-20(10-18)24(13-23-21)14(2)3/h5-10,13-14,17,22,25-26H,4,11-12H2,1-3H3. The number of nitrogens with one attached hydrogen (secondary N) is 1. The first-order valence-corrected chi connectivity index (χ1v) is 9.31. The van der Waals surface area contributed by atoms with Crippen LogP contribution in [0.5, 0.6) is 11.5 Å². The van der Waals surface area contributed by atoms with Crippen molar-refractivity contribution in [3.63, 3.8) is 0 Å². The highest BCUT2D eigenvalue weighted by Crippen LogP contribution is 2.31. The number of imidazole rings is 1. The zero-order chi connectivity index (χ0) is 19.4. The van der Waals surface area contributed by atoms with E-state index in [1.807, 2.05) is 37.5 Å². The third-order valence-electron chi connectivity index (χ3n) is 4.56. The Kier molecular flexibility index (Phi) is 5.86. The Hall–Kier alpha value is -2.73. The Morgan fingerprint density at radius 1 is 1.22 bits per heavy atom. The van der Waals surface area contributed by atoms with Crippen molar-refractivity contribution in [3.05, 3.63) is 48.3 Å². The third-order valence-corrected chi connectivity index (χ3v) is 4.56. The molecule has 0 saturated heterocycles. The summed E-state index contributed by atoms with van der Waals surface area (Å²) in [4.78, 5) is 4.58. The second-order valence-electron chi connectivity index (χ2n) is 6.94. The number of aromatic hydroxyl groups is 1. The summed E-state index contributed by atoms with van der Waals surface area (Å²) in [6.07, 6.45) is 2.32. The second-order valence-corrected chi connectivity index (χ2v) is 6.94. The van der Waals surface area contributed by atoms with Gasteiger partial charge in [-0.05, 0) is 38.0 Å². The van der Waals surface area contributed by atoms with E-state index in [-0.39, 0.29) is 24.5 Å². The highest BCUT2D eigenvalue weighted by Gasteiger charge is 2.14. The number of fused-ring (bicyclic) bond motifs is 1. The SMILES string of the molecule is CCC(CO)Oc1cc(NCc2cccc(O)c2)c2ncn(C(C)C)c2c1. The van der Waals surface area contributed by atoms with Crippen molar-refractivity contribution in [1.29, 1.82) is 0 Å². The van der Waals surface area contributed by atoms with Crippen LogP contribution in [0.2, 0.25) is 0 Å². The van der Waals surface area contributed by atoms with E-state index in [9.17, 15) is 10.2 Å². The molecule has 0 aliphatic heterocycles. The van der Waals surface area contributed by atoms with E-state index in [1.165, 1.54) is 0 Å². The number of phenolic OH excluding ortho intramolecular Hbond substituents is 1. The number of rotatable bonds is 8. The van der Waals surface area contributed by atoms with Gasteiger partial charge in [-0.15, -0.1) is 0 Å². The van der Waals surface area contributed by atoms with Gasteiger partial charge >= 0.3 is 0 Å². The molecule has 0 saturated carbocycles. The van der Waals surface area contributed by atoms with Gasteiger partial charge in [0.1, 0.15) is 23.1 Å². The number of hydrogen-bond acceptors (Lipinski definition) is 5. The van der Waals surface area contributed by atoms with Crippen molar-refractivity contribution in [2.45, 2.75) is 45.9 Å². The molecule has 0 fully saturated rings. The van der Waals surface area contributed by atoms with Crippen molar-refractivity contribution in [2.24, 2.45) is 0 Å². The van der Waals surface area contributed by atoms with Gasteiger partial charge in [0, 0.05) is 24.7 Å². The van der Waals surface area contributed by atoms with Crippen molar-refractivity contribution in [3.8, 4) is 11.5 Å². The zero-order valence-corrected chi connectivity index (χ0v) is 16.0. The predicted molar refractivity (Wildman–Crippen MR) is 107 cm³/mol. The lowest BCUT2D eigenvalue weighted by atomic mass is 10.2. The molecule has 144 valence electrons. The van der Waals surface area contributed by atoms with E-state index in [2.05, 4.69) is 28.7 Å². The maximum Gasteiger partial charge on any atom is 0.124 e. The van der Waals surface area contributed by atoms with Gasteiger partial charge in [0.2, 0.25) is 0 Å². The minimum absolute atomic E-state index is 0.0238. The summed E-state index contributed by atoms with van der Waals surface area (Å²) >= 11 is 0. The monoisotopic (exact) mass is 369 g/mol. The smallest absolute Gasteiger partial charge is 0.124 e. The Bertz CT molecular complexity index is 901. The number of phenols is 1. The number of aliphatic hydroxyl groups is 1. The fourth-order valence-electron chi connectivity index (χ4n) is 3.03. The van der Waals surface area contributed by atoms with Crippen LogP contribution < -0.4 is 10.1 Å². The Morgan fingerprint density at radius 3 is 2.70 bits per heavy atom. The number of ether oxygens (including phenoxy) is 1. The molecule has 1 atom stereocenters. The molecule has 27 heavy (non-hydrogen) atoms. The summed E-state index contributed by atoms with van der Waals surface area (Å²) in [5.74, 6) is 0.943. The molecule has 3 rings (SSSR count). The number of aliphatic hydroxyl groups excluding tert-OH is 1. The summed E-state index contributed by atoms with van der Waals surface area (Å²) in [5.41, 5.74) is 3.68. The minimum atomic E-state index is -0.239. The lowest BCUT2D eigenvalue weighted by Crippen LogP contribution is -2.19. The first-order chi connectivity index (χ1) is 13.0. The molecular weight excluding hydrogens is 342 g/mol. The molecule has 0 amide bonds. The topological polar surface area (TPSA) is 79.5 Å². The van der Waals surface area contributed by atoms with Crippen molar-refractivity contribution < 1.29 is 14.9 Å². The molecule has 3 N–H and O–H groups in total. The van der Waals surface area contributed by atoms with Crippen LogP contribution in [-0.2, 0) is 6.54 Å². The van der Waals surface area contributed by atoms with Gasteiger partial charge in [-0.25, -0.2) is 4.98 Å². The van der Waals surface area contributed by atoms with Crippen LogP contribution in [-0.4, -0.2) is 32.5 Å². The summed E-state index contributed by atoms with van der Waals surface area (Å²) in [6.45, 7) is 6.73. The van der Waals surface area contributed by atoms with Crippen molar-refractivity contribution in [1.82, 2.24) is 9.55 Å². The average molecular weight is 369 g/mol. The summed E-state index contributed by atoms with van der Waals surface area (Å²) < 4.78 is 8.06. The fourth-order valence-corrected chi connectivity index (χ4v) is 3.03. The molecular formula is C21H27N3O3. The summed E-state index contributed by atoms with van der Waals surface area (Å²) in [5, 5.41) is 22.5. The molecule has 6 heteroatoms. The van der Waals surface area contributed by atoms with Crippen LogP contribution in [0.1, 0.15) is 38.8 Å². The minimum Gasteiger partial charge on any atom is -0.508 e. The number of nitrogens with zero attached hydrogens (tertiary/aromatic N) is 2. The van der Waals surface area contributed by atoms with Gasteiger partial charge in [0.15, 0.2) is 0 Å². The largest absolute Gasteiger partial charge is 0.508 e. The van der Waals surface area contributed by atoms with E-state index in [0.717, 1.165) is 28.7 Å². The summed E-state index contributed by atoms with van der Waals surface area (Å²) in [7, 11) is 0. The predicted octanol–water partition coefficient (Wildman–Crippen LogP) is 4.08. The molecule has 6 nitrogen and oxygen atoms in total. The molecule has 1 aromatic heterocycles. The van der Waals surface area contributed by atoms with Gasteiger partial charge in [0.25, 0.3) is 0 Å². The molecule has 2 aromatic carbocycles. The van der Waals surface area contributed by atoms with E-state index in [1.54, 1.807) is 12.1 Å². The van der Waals surface area contributed by atoms with Gasteiger partial charge in [-0.1, -0.05) is 19.1 Å². The van der Waals surface area contributed by atoms with Gasteiger partial charge < -0.3 is 24.8 Å². The van der Waals surface area contributed by atoms with Gasteiger partial charge in [-0.2, -0.15) is 0 Å². The number of hydrogen-bond donors (Lipinski definition) is 3. The first kappa shape index (κ1) is 19.0. The Morgan fingerprint density at radius 2 is 2.04 bits per heavy atom. The van der Waals surface area contributed by atoms with E-state index >= 15 is 0 Å². The number of aromatic nitrogens is 2. The normalized spacial score (nSPS) is 12.5. The average Bonchev–Trinajstić information content (AvgIpc) is 3.08. The quantitative estimate of drug-likeness (QED) is 0.557. The van der Waals surface area contributed by atoms with Crippen LogP contribution in [0, 0.1) is 0 Å². The van der Waals surface area contributed by atoms with Crippen molar-refractivity contribution in [2.75, 3.05) is 11.9 Å². The highest BCUT2D eigenvalue weighted by atomic mass is 16.5. The zero-order valence-electron chi connectivity index (χ0n) is 16.0. The molecule has 0 spiro atoms. The van der Waals surface area contributed by atoms with Gasteiger partial charge in [0.05, 0.1) is 24.1 Å². The van der Waals surface area contributed by atoms with E-state index < -0.39 is 0 Å². The Balaban J connectivity index is 1.96. The van der Waals surface area contributed by atoms with Crippen LogP contribution in [0.15, 0.2) is 42.7 Å². The van der Waals surface area contributed by atoms with Crippen molar-refractivity contribution >= 4 is 16.7 Å². The Labute approximate surface area is 159 Å². The summed E-state index contributed by atoms with van der Waals surface area (Å²) in [6, 6.07) is 11.3. The lowest BCUT2D eigenvalue weighted by Gasteiger charge is -2.17. The van der Waals surface area contributed by atoms with E-state index in [0.29, 0.717) is 12.3 Å². The highest BCUT2D eigenvalue weighted by molar-refractivity contribution is 5.90. The fraction of sp³-hybridized carbons (Fsp3) is 0.381. The molecule has 0 bridgehead atoms. The molecule has 1 unspecified atom stereocenters. The molecule has 1 heterocycles. The molecule has 0 radical (unpaired) electrons.